The van der Waals surface area contributed by atoms with Crippen molar-refractivity contribution in [3.8, 4) is 0 Å². The van der Waals surface area contributed by atoms with Crippen molar-refractivity contribution >= 4 is 5.71 Å². The van der Waals surface area contributed by atoms with Crippen LogP contribution >= 0.6 is 0 Å². The van der Waals surface area contributed by atoms with Crippen LogP contribution in [0.1, 0.15) is 27.2 Å². The summed E-state index contributed by atoms with van der Waals surface area (Å²) >= 11 is 0. The molecule has 0 aromatic heterocycles. The first-order valence-corrected chi connectivity index (χ1v) is 6.39. The van der Waals surface area contributed by atoms with Crippen LogP contribution in [0.3, 0.4) is 0 Å². The number of nitrogens with zero attached hydrogens (tertiary/aromatic N) is 1. The number of rotatable bonds is 4. The van der Waals surface area contributed by atoms with Gasteiger partial charge in [-0.2, -0.15) is 0 Å². The Labute approximate surface area is 104 Å². The summed E-state index contributed by atoms with van der Waals surface area (Å²) in [6.45, 7) is 12.2. The fourth-order valence-electron chi connectivity index (χ4n) is 2.01. The Kier molecular flexibility index (Phi) is 3.67. The largest absolute Gasteiger partial charge is 0.381 e. The average molecular weight is 234 g/mol. The Morgan fingerprint density at radius 1 is 1.53 bits per heavy atom. The van der Waals surface area contributed by atoms with E-state index in [0.29, 0.717) is 18.0 Å². The van der Waals surface area contributed by atoms with Gasteiger partial charge < -0.3 is 10.1 Å². The molecule has 0 aromatic rings. The molecule has 0 aliphatic carbocycles. The number of aliphatic imine (C=N–C) groups is 1. The normalized spacial score (nSPS) is 25.1. The van der Waals surface area contributed by atoms with Crippen LogP contribution in [0.5, 0.6) is 0 Å². The molecular weight excluding hydrogens is 212 g/mol. The molecule has 2 aliphatic rings. The van der Waals surface area contributed by atoms with Crippen LogP contribution in [0.25, 0.3) is 0 Å². The summed E-state index contributed by atoms with van der Waals surface area (Å²) in [6.07, 6.45) is 3.13. The summed E-state index contributed by atoms with van der Waals surface area (Å²) in [6, 6.07) is 0.758. The first-order valence-electron chi connectivity index (χ1n) is 6.39. The molecule has 0 bridgehead atoms. The van der Waals surface area contributed by atoms with E-state index in [2.05, 4.69) is 38.7 Å². The zero-order valence-corrected chi connectivity index (χ0v) is 11.0. The van der Waals surface area contributed by atoms with Gasteiger partial charge in [-0.25, -0.2) is 0 Å². The second-order valence-electron chi connectivity index (χ2n) is 5.25. The van der Waals surface area contributed by atoms with Gasteiger partial charge in [0.25, 0.3) is 0 Å². The Bertz CT molecular complexity index is 368. The maximum Gasteiger partial charge on any atom is 0.0808 e. The molecule has 3 nitrogen and oxygen atoms in total. The number of fused-ring (bicyclic) bond motifs is 1. The van der Waals surface area contributed by atoms with Crippen molar-refractivity contribution in [2.45, 2.75) is 39.3 Å². The zero-order valence-electron chi connectivity index (χ0n) is 11.0. The number of ether oxygens (including phenoxy) is 1. The third-order valence-electron chi connectivity index (χ3n) is 3.56. The zero-order chi connectivity index (χ0) is 12.4. The van der Waals surface area contributed by atoms with Crippen molar-refractivity contribution in [3.63, 3.8) is 0 Å². The van der Waals surface area contributed by atoms with Gasteiger partial charge in [0, 0.05) is 12.6 Å². The second kappa shape index (κ2) is 5.05. The topological polar surface area (TPSA) is 33.6 Å². The predicted octanol–water partition coefficient (Wildman–Crippen LogP) is 2.30. The van der Waals surface area contributed by atoms with Crippen molar-refractivity contribution in [2.75, 3.05) is 13.2 Å². The third kappa shape index (κ3) is 2.78. The van der Waals surface area contributed by atoms with Crippen LogP contribution in [-0.2, 0) is 4.74 Å². The summed E-state index contributed by atoms with van der Waals surface area (Å²) in [5.41, 5.74) is 3.24. The molecule has 1 N–H and O–H groups in total. The van der Waals surface area contributed by atoms with Crippen LogP contribution in [0.4, 0.5) is 0 Å². The molecule has 1 unspecified atom stereocenters. The number of hydrogen-bond acceptors (Lipinski definition) is 3. The highest BCUT2D eigenvalue weighted by Crippen LogP contribution is 2.24. The molecule has 3 heteroatoms. The highest BCUT2D eigenvalue weighted by molar-refractivity contribution is 6.09. The van der Waals surface area contributed by atoms with Gasteiger partial charge in [0.2, 0.25) is 0 Å². The van der Waals surface area contributed by atoms with Gasteiger partial charge in [0.1, 0.15) is 0 Å². The van der Waals surface area contributed by atoms with E-state index >= 15 is 0 Å². The summed E-state index contributed by atoms with van der Waals surface area (Å²) < 4.78 is 5.44. The minimum Gasteiger partial charge on any atom is -0.381 e. The standard InChI is InChI=1S/C14H22N2O/c1-9(2)10(3)15-11(4)14-7-12-8-17-6-5-13(12)16-14/h7,9-10,13,15H,4-6,8H2,1-3H3/t10-,13?/m1/s1. The molecule has 94 valence electrons. The maximum absolute atomic E-state index is 5.44. The van der Waals surface area contributed by atoms with Crippen molar-refractivity contribution in [2.24, 2.45) is 10.9 Å². The smallest absolute Gasteiger partial charge is 0.0808 e. The van der Waals surface area contributed by atoms with E-state index in [1.54, 1.807) is 0 Å². The van der Waals surface area contributed by atoms with Crippen LogP contribution < -0.4 is 5.32 Å². The fourth-order valence-corrected chi connectivity index (χ4v) is 2.01. The van der Waals surface area contributed by atoms with Crippen LogP contribution in [0, 0.1) is 5.92 Å². The predicted molar refractivity (Wildman–Crippen MR) is 71.3 cm³/mol. The van der Waals surface area contributed by atoms with E-state index in [4.69, 9.17) is 9.73 Å². The second-order valence-corrected chi connectivity index (χ2v) is 5.25. The lowest BCUT2D eigenvalue weighted by Crippen LogP contribution is -2.32. The number of allylic oxidation sites excluding steroid dienone is 1. The van der Waals surface area contributed by atoms with Gasteiger partial charge in [0.15, 0.2) is 0 Å². The van der Waals surface area contributed by atoms with Crippen molar-refractivity contribution in [1.29, 1.82) is 0 Å². The van der Waals surface area contributed by atoms with Crippen LogP contribution in [0.15, 0.2) is 28.9 Å². The van der Waals surface area contributed by atoms with Gasteiger partial charge in [-0.1, -0.05) is 20.4 Å². The Morgan fingerprint density at radius 2 is 2.29 bits per heavy atom. The van der Waals surface area contributed by atoms with E-state index in [1.165, 1.54) is 5.57 Å². The average Bonchev–Trinajstić information content (AvgIpc) is 2.72. The molecule has 0 aromatic carbocycles. The summed E-state index contributed by atoms with van der Waals surface area (Å²) in [5.74, 6) is 0.590. The molecule has 2 aliphatic heterocycles. The van der Waals surface area contributed by atoms with Crippen LogP contribution in [0.2, 0.25) is 0 Å². The van der Waals surface area contributed by atoms with E-state index < -0.39 is 0 Å². The molecule has 2 heterocycles. The summed E-state index contributed by atoms with van der Waals surface area (Å²) in [4.78, 5) is 4.70. The fraction of sp³-hybridized carbons (Fsp3) is 0.643. The van der Waals surface area contributed by atoms with Gasteiger partial charge in [0.05, 0.1) is 24.1 Å². The van der Waals surface area contributed by atoms with E-state index in [1.807, 2.05) is 0 Å². The van der Waals surface area contributed by atoms with E-state index in [9.17, 15) is 0 Å². The molecule has 0 radical (unpaired) electrons. The van der Waals surface area contributed by atoms with Crippen molar-refractivity contribution < 1.29 is 4.74 Å². The Morgan fingerprint density at radius 3 is 2.94 bits per heavy atom. The lowest BCUT2D eigenvalue weighted by molar-refractivity contribution is 0.124. The van der Waals surface area contributed by atoms with Gasteiger partial charge >= 0.3 is 0 Å². The lowest BCUT2D eigenvalue weighted by Gasteiger charge is -2.20. The minimum absolute atomic E-state index is 0.339. The van der Waals surface area contributed by atoms with Gasteiger partial charge in [-0.15, -0.1) is 0 Å². The minimum atomic E-state index is 0.339. The molecule has 0 saturated carbocycles. The quantitative estimate of drug-likeness (QED) is 0.810. The maximum atomic E-state index is 5.44. The molecule has 17 heavy (non-hydrogen) atoms. The van der Waals surface area contributed by atoms with E-state index in [-0.39, 0.29) is 0 Å². The third-order valence-corrected chi connectivity index (χ3v) is 3.56. The van der Waals surface area contributed by atoms with Crippen LogP contribution in [-0.4, -0.2) is 31.0 Å². The molecule has 0 amide bonds. The highest BCUT2D eigenvalue weighted by atomic mass is 16.5. The Balaban J connectivity index is 1.99. The van der Waals surface area contributed by atoms with Gasteiger partial charge in [-0.3, -0.25) is 4.99 Å². The summed E-state index contributed by atoms with van der Waals surface area (Å²) in [5, 5.41) is 3.42. The number of nitrogens with one attached hydrogen (secondary N) is 1. The molecule has 1 fully saturated rings. The molecule has 2 rings (SSSR count). The van der Waals surface area contributed by atoms with Gasteiger partial charge in [-0.05, 0) is 30.9 Å². The monoisotopic (exact) mass is 234 g/mol. The SMILES string of the molecule is C=C(N[C@H](C)C(C)C)C1=NC2CCOCC2=C1. The Hall–Kier alpha value is -1.09. The molecule has 0 spiro atoms. The van der Waals surface area contributed by atoms with Crippen molar-refractivity contribution in [1.82, 2.24) is 5.32 Å². The number of hydrogen-bond donors (Lipinski definition) is 1. The molecular formula is C14H22N2O. The lowest BCUT2D eigenvalue weighted by atomic mass is 10.0. The van der Waals surface area contributed by atoms with Crippen molar-refractivity contribution in [3.05, 3.63) is 23.9 Å². The first kappa shape index (κ1) is 12.4. The van der Waals surface area contributed by atoms with E-state index in [0.717, 1.165) is 31.0 Å². The first-order chi connectivity index (χ1) is 8.08. The highest BCUT2D eigenvalue weighted by Gasteiger charge is 2.25. The molecule has 1 saturated heterocycles. The summed E-state index contributed by atoms with van der Waals surface area (Å²) in [7, 11) is 0. The molecule has 2 atom stereocenters.